The zero-order chi connectivity index (χ0) is 30.2. The number of ketones is 1. The molecule has 0 spiro atoms. The highest BCUT2D eigenvalue weighted by atomic mass is 35.5. The van der Waals surface area contributed by atoms with E-state index in [9.17, 15) is 31.1 Å². The van der Waals surface area contributed by atoms with Crippen LogP contribution in [0.1, 0.15) is 43.9 Å². The van der Waals surface area contributed by atoms with E-state index in [1.807, 2.05) is 0 Å². The number of anilines is 1. The number of hydrogen-bond acceptors (Lipinski definition) is 6. The van der Waals surface area contributed by atoms with E-state index in [0.29, 0.717) is 23.4 Å². The highest BCUT2D eigenvalue weighted by molar-refractivity contribution is 6.35. The van der Waals surface area contributed by atoms with Crippen molar-refractivity contribution in [1.29, 1.82) is 0 Å². The lowest BCUT2D eigenvalue weighted by Gasteiger charge is -2.23. The first-order valence-corrected chi connectivity index (χ1v) is 12.6. The minimum absolute atomic E-state index is 0.00334. The lowest BCUT2D eigenvalue weighted by atomic mass is 9.97. The predicted molar refractivity (Wildman–Crippen MR) is 145 cm³/mol. The first-order chi connectivity index (χ1) is 19.8. The Bertz CT molecular complexity index is 1660. The van der Waals surface area contributed by atoms with Gasteiger partial charge in [0.25, 0.3) is 0 Å². The molecule has 1 aliphatic rings. The van der Waals surface area contributed by atoms with Gasteiger partial charge in [0, 0.05) is 23.0 Å². The number of carbonyl (C=O) groups is 1. The van der Waals surface area contributed by atoms with Gasteiger partial charge in [-0.05, 0) is 42.0 Å². The molecule has 4 N–H and O–H groups in total. The Morgan fingerprint density at radius 1 is 0.881 bits per heavy atom. The van der Waals surface area contributed by atoms with E-state index in [2.05, 4.69) is 15.9 Å². The molecule has 0 aliphatic carbocycles. The second-order valence-electron chi connectivity index (χ2n) is 9.26. The largest absolute Gasteiger partial charge is 0.416 e. The van der Waals surface area contributed by atoms with E-state index < -0.39 is 35.8 Å². The molecule has 42 heavy (non-hydrogen) atoms. The van der Waals surface area contributed by atoms with Gasteiger partial charge in [-0.3, -0.25) is 20.2 Å². The van der Waals surface area contributed by atoms with Crippen LogP contribution in [0, 0.1) is 0 Å². The Kier molecular flexibility index (Phi) is 7.60. The summed E-state index contributed by atoms with van der Waals surface area (Å²) in [5.41, 5.74) is 10.1. The molecule has 0 radical (unpaired) electrons. The van der Waals surface area contributed by atoms with Crippen LogP contribution in [0.15, 0.2) is 85.1 Å². The summed E-state index contributed by atoms with van der Waals surface area (Å²) in [6, 6.07) is 17.7. The molecule has 2 heterocycles. The van der Waals surface area contributed by atoms with Crippen LogP contribution in [-0.2, 0) is 18.9 Å². The summed E-state index contributed by atoms with van der Waals surface area (Å²) in [5.74, 6) is -0.533. The molecule has 4 aromatic rings. The topological polar surface area (TPSA) is 83.3 Å². The minimum Gasteiger partial charge on any atom is -0.398 e. The number of hydrogen-bond donors (Lipinski definition) is 3. The van der Waals surface area contributed by atoms with Crippen molar-refractivity contribution in [3.63, 3.8) is 0 Å². The third-order valence-electron chi connectivity index (χ3n) is 6.42. The standard InChI is InChI=1S/C29H20ClF6N5O/c30-21-9-5-4-8-20(21)27(42)23-22(37)10-11-38-24(23)25-26(17-6-2-1-3-7-17)41(40-39-25)15-16-12-18(28(31,32)33)14-19(13-16)29(34,35)36/h1-14,39-40H,15H2,(H2,37,38). The number of nitrogens with zero attached hydrogens (tertiary/aromatic N) is 2. The van der Waals surface area contributed by atoms with Gasteiger partial charge in [0.15, 0.2) is 5.78 Å². The molecule has 0 saturated carbocycles. The summed E-state index contributed by atoms with van der Waals surface area (Å²) in [6.45, 7) is -0.427. The van der Waals surface area contributed by atoms with Crippen molar-refractivity contribution in [1.82, 2.24) is 21.0 Å². The summed E-state index contributed by atoms with van der Waals surface area (Å²) >= 11 is 6.27. The summed E-state index contributed by atoms with van der Waals surface area (Å²) in [5, 5.41) is 1.51. The average Bonchev–Trinajstić information content (AvgIpc) is 3.35. The molecule has 0 atom stereocenters. The molecule has 0 unspecified atom stereocenters. The van der Waals surface area contributed by atoms with Crippen LogP contribution in [0.2, 0.25) is 5.02 Å². The monoisotopic (exact) mass is 603 g/mol. The normalized spacial score (nSPS) is 13.8. The molecular formula is C29H20ClF6N5O. The number of alkyl halides is 6. The second-order valence-corrected chi connectivity index (χ2v) is 9.67. The van der Waals surface area contributed by atoms with Crippen LogP contribution < -0.4 is 16.7 Å². The molecule has 6 nitrogen and oxygen atoms in total. The van der Waals surface area contributed by atoms with E-state index in [-0.39, 0.29) is 44.9 Å². The first kappa shape index (κ1) is 29.0. The van der Waals surface area contributed by atoms with E-state index in [4.69, 9.17) is 17.3 Å². The Morgan fingerprint density at radius 3 is 2.12 bits per heavy atom. The number of hydrazine groups is 2. The molecule has 0 fully saturated rings. The first-order valence-electron chi connectivity index (χ1n) is 12.3. The van der Waals surface area contributed by atoms with Crippen LogP contribution in [0.5, 0.6) is 0 Å². The van der Waals surface area contributed by atoms with Crippen molar-refractivity contribution in [3.8, 4) is 0 Å². The molecule has 3 aromatic carbocycles. The van der Waals surface area contributed by atoms with Gasteiger partial charge in [-0.1, -0.05) is 54.1 Å². The third kappa shape index (κ3) is 5.76. The maximum Gasteiger partial charge on any atom is 0.416 e. The van der Waals surface area contributed by atoms with Gasteiger partial charge in [0.1, 0.15) is 11.4 Å². The molecule has 216 valence electrons. The van der Waals surface area contributed by atoms with Gasteiger partial charge in [-0.15, -0.1) is 5.53 Å². The van der Waals surface area contributed by atoms with Gasteiger partial charge in [-0.2, -0.15) is 26.3 Å². The van der Waals surface area contributed by atoms with Gasteiger partial charge in [-0.25, -0.2) is 0 Å². The number of halogens is 7. The van der Waals surface area contributed by atoms with Gasteiger partial charge in [0.05, 0.1) is 34.0 Å². The van der Waals surface area contributed by atoms with E-state index in [1.54, 1.807) is 42.5 Å². The number of pyridine rings is 1. The van der Waals surface area contributed by atoms with Gasteiger partial charge in [0.2, 0.25) is 0 Å². The van der Waals surface area contributed by atoms with Crippen molar-refractivity contribution < 1.29 is 31.1 Å². The zero-order valence-corrected chi connectivity index (χ0v) is 22.1. The predicted octanol–water partition coefficient (Wildman–Crippen LogP) is 6.94. The minimum atomic E-state index is -5.00. The van der Waals surface area contributed by atoms with Crippen LogP contribution >= 0.6 is 11.6 Å². The molecule has 0 bridgehead atoms. The number of aromatic nitrogens is 1. The summed E-state index contributed by atoms with van der Waals surface area (Å²) in [6.07, 6.45) is -8.64. The fourth-order valence-corrected chi connectivity index (χ4v) is 4.76. The molecule has 1 aliphatic heterocycles. The van der Waals surface area contributed by atoms with Crippen molar-refractivity contribution in [2.45, 2.75) is 18.9 Å². The SMILES string of the molecule is Nc1ccnc(C2=C(c3ccccc3)N(Cc3cc(C(F)(F)F)cc(C(F)(F)F)c3)NN2)c1C(=O)c1ccccc1Cl. The third-order valence-corrected chi connectivity index (χ3v) is 6.75. The molecule has 5 rings (SSSR count). The number of nitrogens with one attached hydrogen (secondary N) is 2. The maximum absolute atomic E-state index is 13.6. The fraction of sp³-hybridized carbons (Fsp3) is 0.103. The summed E-state index contributed by atoms with van der Waals surface area (Å²) in [7, 11) is 0. The molecular weight excluding hydrogens is 584 g/mol. The number of rotatable bonds is 6. The van der Waals surface area contributed by atoms with Crippen molar-refractivity contribution in [2.75, 3.05) is 5.73 Å². The van der Waals surface area contributed by atoms with Crippen LogP contribution in [0.3, 0.4) is 0 Å². The van der Waals surface area contributed by atoms with Crippen molar-refractivity contribution >= 4 is 34.5 Å². The Labute approximate surface area is 240 Å². The highest BCUT2D eigenvalue weighted by Gasteiger charge is 2.38. The summed E-state index contributed by atoms with van der Waals surface area (Å²) < 4.78 is 81.1. The Hall–Kier alpha value is -4.55. The highest BCUT2D eigenvalue weighted by Crippen LogP contribution is 2.38. The zero-order valence-electron chi connectivity index (χ0n) is 21.3. The Morgan fingerprint density at radius 2 is 1.50 bits per heavy atom. The smallest absolute Gasteiger partial charge is 0.398 e. The molecule has 13 heteroatoms. The van der Waals surface area contributed by atoms with E-state index in [0.717, 1.165) is 0 Å². The number of carbonyl (C=O) groups excluding carboxylic acids is 1. The fourth-order valence-electron chi connectivity index (χ4n) is 4.54. The van der Waals surface area contributed by atoms with Crippen molar-refractivity contribution in [3.05, 3.63) is 129 Å². The quantitative estimate of drug-likeness (QED) is 0.164. The van der Waals surface area contributed by atoms with Crippen LogP contribution in [0.25, 0.3) is 11.4 Å². The van der Waals surface area contributed by atoms with Crippen molar-refractivity contribution in [2.24, 2.45) is 0 Å². The Balaban J connectivity index is 1.66. The number of nitrogen functional groups attached to an aromatic ring is 1. The van der Waals surface area contributed by atoms with E-state index >= 15 is 0 Å². The van der Waals surface area contributed by atoms with E-state index in [1.165, 1.54) is 29.4 Å². The maximum atomic E-state index is 13.6. The lowest BCUT2D eigenvalue weighted by Crippen LogP contribution is -2.37. The molecule has 1 aromatic heterocycles. The van der Waals surface area contributed by atoms with Gasteiger partial charge >= 0.3 is 12.4 Å². The number of benzene rings is 3. The second kappa shape index (κ2) is 11.0. The van der Waals surface area contributed by atoms with Crippen LogP contribution in [-0.4, -0.2) is 15.8 Å². The van der Waals surface area contributed by atoms with Crippen LogP contribution in [0.4, 0.5) is 32.0 Å². The number of nitrogens with two attached hydrogens (primary N) is 1. The van der Waals surface area contributed by atoms with Gasteiger partial charge < -0.3 is 5.73 Å². The summed E-state index contributed by atoms with van der Waals surface area (Å²) in [4.78, 5) is 18.0. The molecule has 0 amide bonds. The average molecular weight is 604 g/mol. The lowest BCUT2D eigenvalue weighted by molar-refractivity contribution is -0.143. The molecule has 0 saturated heterocycles.